The number of nitrogens with zero attached hydrogens (tertiary/aromatic N) is 3. The van der Waals surface area contributed by atoms with E-state index in [1.165, 1.54) is 0 Å². The third-order valence-corrected chi connectivity index (χ3v) is 1.28. The maximum atomic E-state index is 12.1. The largest absolute Gasteiger partial charge is 0.409 e. The van der Waals surface area contributed by atoms with Crippen molar-refractivity contribution >= 4 is 5.84 Å². The molecule has 13 heavy (non-hydrogen) atoms. The van der Waals surface area contributed by atoms with Gasteiger partial charge in [-0.2, -0.15) is 0 Å². The van der Waals surface area contributed by atoms with Crippen LogP contribution in [-0.4, -0.2) is 21.0 Å². The number of aromatic nitrogens is 2. The Balaban J connectivity index is 3.05. The zero-order valence-electron chi connectivity index (χ0n) is 6.35. The number of amidine groups is 1. The molecule has 0 spiro atoms. The fourth-order valence-electron chi connectivity index (χ4n) is 0.683. The van der Waals surface area contributed by atoms with E-state index < -0.39 is 12.1 Å². The summed E-state index contributed by atoms with van der Waals surface area (Å²) in [5.74, 6) is -0.329. The van der Waals surface area contributed by atoms with E-state index in [2.05, 4.69) is 15.1 Å². The van der Waals surface area contributed by atoms with Gasteiger partial charge in [0.25, 0.3) is 6.43 Å². The van der Waals surface area contributed by atoms with Gasteiger partial charge in [0, 0.05) is 0 Å². The van der Waals surface area contributed by atoms with Crippen molar-refractivity contribution in [2.24, 2.45) is 10.9 Å². The van der Waals surface area contributed by atoms with E-state index in [0.29, 0.717) is 0 Å². The van der Waals surface area contributed by atoms with E-state index in [4.69, 9.17) is 10.9 Å². The average Bonchev–Trinajstić information content (AvgIpc) is 2.17. The molecule has 0 fully saturated rings. The predicted molar refractivity (Wildman–Crippen MR) is 39.5 cm³/mol. The van der Waals surface area contributed by atoms with Gasteiger partial charge >= 0.3 is 0 Å². The Morgan fingerprint density at radius 3 is 2.77 bits per heavy atom. The molecule has 1 aromatic heterocycles. The van der Waals surface area contributed by atoms with Gasteiger partial charge in [0.15, 0.2) is 5.84 Å². The van der Waals surface area contributed by atoms with Gasteiger partial charge in [-0.05, 0) is 6.07 Å². The maximum Gasteiger partial charge on any atom is 0.280 e. The van der Waals surface area contributed by atoms with E-state index in [1.54, 1.807) is 0 Å². The van der Waals surface area contributed by atoms with Crippen LogP contribution in [0.2, 0.25) is 0 Å². The number of oxime groups is 1. The van der Waals surface area contributed by atoms with Gasteiger partial charge < -0.3 is 10.9 Å². The summed E-state index contributed by atoms with van der Waals surface area (Å²) in [7, 11) is 0. The Labute approximate surface area is 71.9 Å². The smallest absolute Gasteiger partial charge is 0.280 e. The van der Waals surface area contributed by atoms with E-state index in [1.807, 2.05) is 0 Å². The zero-order valence-corrected chi connectivity index (χ0v) is 6.35. The first-order valence-electron chi connectivity index (χ1n) is 3.23. The molecule has 0 atom stereocenters. The summed E-state index contributed by atoms with van der Waals surface area (Å²) in [6.45, 7) is 0. The second-order valence-electron chi connectivity index (χ2n) is 2.11. The summed E-state index contributed by atoms with van der Waals surface area (Å²) in [6.07, 6.45) is -1.78. The summed E-state index contributed by atoms with van der Waals surface area (Å²) in [5, 5.41) is 10.9. The molecule has 1 heterocycles. The van der Waals surface area contributed by atoms with Crippen LogP contribution in [0.1, 0.15) is 17.8 Å². The normalized spacial score (nSPS) is 12.1. The Morgan fingerprint density at radius 2 is 2.23 bits per heavy atom. The van der Waals surface area contributed by atoms with Crippen LogP contribution in [0.25, 0.3) is 0 Å². The van der Waals surface area contributed by atoms with Crippen LogP contribution in [-0.2, 0) is 0 Å². The van der Waals surface area contributed by atoms with Gasteiger partial charge in [0.1, 0.15) is 17.7 Å². The molecule has 1 rings (SSSR count). The van der Waals surface area contributed by atoms with Crippen LogP contribution in [0.4, 0.5) is 8.78 Å². The molecule has 0 aliphatic rings. The minimum Gasteiger partial charge on any atom is -0.409 e. The highest BCUT2D eigenvalue weighted by Crippen LogP contribution is 2.15. The first kappa shape index (κ1) is 9.30. The van der Waals surface area contributed by atoms with Gasteiger partial charge in [-0.15, -0.1) is 0 Å². The number of alkyl halides is 2. The molecule has 7 heteroatoms. The van der Waals surface area contributed by atoms with Gasteiger partial charge in [-0.1, -0.05) is 5.16 Å². The third-order valence-electron chi connectivity index (χ3n) is 1.28. The monoisotopic (exact) mass is 188 g/mol. The van der Waals surface area contributed by atoms with E-state index >= 15 is 0 Å². The van der Waals surface area contributed by atoms with Crippen molar-refractivity contribution in [3.8, 4) is 0 Å². The van der Waals surface area contributed by atoms with E-state index in [9.17, 15) is 8.78 Å². The van der Waals surface area contributed by atoms with Crippen LogP contribution in [0.15, 0.2) is 17.5 Å². The molecule has 0 saturated carbocycles. The van der Waals surface area contributed by atoms with Crippen LogP contribution in [0.5, 0.6) is 0 Å². The molecule has 1 aromatic rings. The fourth-order valence-corrected chi connectivity index (χ4v) is 0.683. The van der Waals surface area contributed by atoms with Crippen molar-refractivity contribution in [3.63, 3.8) is 0 Å². The van der Waals surface area contributed by atoms with Gasteiger partial charge in [0.2, 0.25) is 0 Å². The molecule has 3 N–H and O–H groups in total. The molecule has 0 radical (unpaired) electrons. The van der Waals surface area contributed by atoms with Crippen molar-refractivity contribution in [3.05, 3.63) is 23.8 Å². The van der Waals surface area contributed by atoms with Crippen molar-refractivity contribution in [2.45, 2.75) is 6.43 Å². The maximum absolute atomic E-state index is 12.1. The lowest BCUT2D eigenvalue weighted by Crippen LogP contribution is -2.15. The summed E-state index contributed by atoms with van der Waals surface area (Å²) >= 11 is 0. The highest BCUT2D eigenvalue weighted by Gasteiger charge is 2.11. The number of halogens is 2. The number of hydrogen-bond donors (Lipinski definition) is 2. The second-order valence-corrected chi connectivity index (χ2v) is 2.11. The number of rotatable bonds is 2. The van der Waals surface area contributed by atoms with Crippen molar-refractivity contribution < 1.29 is 14.0 Å². The van der Waals surface area contributed by atoms with E-state index in [0.717, 1.165) is 12.4 Å². The molecular weight excluding hydrogens is 182 g/mol. The minimum absolute atomic E-state index is 0.0344. The molecule has 0 unspecified atom stereocenters. The van der Waals surface area contributed by atoms with Crippen LogP contribution >= 0.6 is 0 Å². The highest BCUT2D eigenvalue weighted by atomic mass is 19.3. The quantitative estimate of drug-likeness (QED) is 0.306. The number of nitrogens with two attached hydrogens (primary N) is 1. The summed E-state index contributed by atoms with van der Waals surface area (Å²) in [6, 6.07) is 0.958. The molecule has 0 aromatic carbocycles. The molecule has 0 amide bonds. The lowest BCUT2D eigenvalue weighted by molar-refractivity contribution is 0.146. The number of hydrogen-bond acceptors (Lipinski definition) is 4. The molecule has 0 aliphatic carbocycles. The Morgan fingerprint density at radius 1 is 1.54 bits per heavy atom. The topological polar surface area (TPSA) is 84.4 Å². The van der Waals surface area contributed by atoms with Gasteiger partial charge in [0.05, 0.1) is 0 Å². The van der Waals surface area contributed by atoms with Crippen LogP contribution < -0.4 is 5.73 Å². The second kappa shape index (κ2) is 3.74. The van der Waals surface area contributed by atoms with Crippen LogP contribution in [0.3, 0.4) is 0 Å². The average molecular weight is 188 g/mol. The Bertz CT molecular complexity index is 328. The predicted octanol–water partition coefficient (Wildman–Crippen LogP) is 0.509. The Kier molecular flexibility index (Phi) is 2.68. The van der Waals surface area contributed by atoms with E-state index in [-0.39, 0.29) is 11.5 Å². The third kappa shape index (κ3) is 2.08. The van der Waals surface area contributed by atoms with Crippen molar-refractivity contribution in [2.75, 3.05) is 0 Å². The molecule has 70 valence electrons. The lowest BCUT2D eigenvalue weighted by atomic mass is 10.3. The molecule has 0 aliphatic heterocycles. The SMILES string of the molecule is N/C(=N\O)c1cc(C(F)F)ncn1. The zero-order chi connectivity index (χ0) is 9.84. The van der Waals surface area contributed by atoms with Crippen LogP contribution in [0, 0.1) is 0 Å². The fraction of sp³-hybridized carbons (Fsp3) is 0.167. The van der Waals surface area contributed by atoms with Gasteiger partial charge in [-0.3, -0.25) is 0 Å². The Hall–Kier alpha value is -1.79. The molecule has 5 nitrogen and oxygen atoms in total. The first-order chi connectivity index (χ1) is 6.15. The molecule has 0 saturated heterocycles. The summed E-state index contributed by atoms with van der Waals surface area (Å²) < 4.78 is 24.2. The summed E-state index contributed by atoms with van der Waals surface area (Å²) in [4.78, 5) is 6.83. The first-order valence-corrected chi connectivity index (χ1v) is 3.23. The highest BCUT2D eigenvalue weighted by molar-refractivity contribution is 5.95. The standard InChI is InChI=1S/C6H6F2N4O/c7-5(8)3-1-4(6(9)12-13)11-2-10-3/h1-2,5,13H,(H2,9,12). The molecular formula is C6H6F2N4O. The van der Waals surface area contributed by atoms with Gasteiger partial charge in [-0.25, -0.2) is 18.7 Å². The van der Waals surface area contributed by atoms with Crippen molar-refractivity contribution in [1.82, 2.24) is 9.97 Å². The summed E-state index contributed by atoms with van der Waals surface area (Å²) in [5.41, 5.74) is 4.63. The lowest BCUT2D eigenvalue weighted by Gasteiger charge is -2.00. The molecule has 0 bridgehead atoms. The minimum atomic E-state index is -2.70. The van der Waals surface area contributed by atoms with Crippen molar-refractivity contribution in [1.29, 1.82) is 0 Å².